The standard InChI is InChI=1S/C14H17N5O3S/c1-3-5-19-13(21)10-7-9(4-6-18(10)14(19)22)15-12(20)11-8(2)16-17-23-11/h3,9-10H,1,4-7H2,2H3,(H,15,20). The molecular formula is C14H17N5O3S. The third-order valence-corrected chi connectivity index (χ3v) is 4.96. The minimum atomic E-state index is -0.498. The Balaban J connectivity index is 1.67. The average molecular weight is 335 g/mol. The number of carbonyl (C=O) groups is 3. The molecule has 0 aromatic carbocycles. The topological polar surface area (TPSA) is 95.5 Å². The summed E-state index contributed by atoms with van der Waals surface area (Å²) in [5, 5.41) is 6.74. The monoisotopic (exact) mass is 335 g/mol. The van der Waals surface area contributed by atoms with Gasteiger partial charge in [0.05, 0.1) is 5.69 Å². The number of aryl methyl sites for hydroxylation is 1. The van der Waals surface area contributed by atoms with Crippen LogP contribution in [0.5, 0.6) is 0 Å². The number of amides is 4. The Morgan fingerprint density at radius 3 is 2.96 bits per heavy atom. The number of piperidine rings is 1. The van der Waals surface area contributed by atoms with Gasteiger partial charge in [0.2, 0.25) is 0 Å². The second kappa shape index (κ2) is 6.07. The van der Waals surface area contributed by atoms with E-state index in [0.717, 1.165) is 11.5 Å². The number of urea groups is 1. The summed E-state index contributed by atoms with van der Waals surface area (Å²) in [5.74, 6) is -0.444. The molecule has 2 aliphatic rings. The van der Waals surface area contributed by atoms with Gasteiger partial charge < -0.3 is 10.2 Å². The quantitative estimate of drug-likeness (QED) is 0.641. The van der Waals surface area contributed by atoms with E-state index < -0.39 is 6.04 Å². The Morgan fingerprint density at radius 2 is 2.30 bits per heavy atom. The maximum Gasteiger partial charge on any atom is 0.327 e. The number of fused-ring (bicyclic) bond motifs is 1. The lowest BCUT2D eigenvalue weighted by Crippen LogP contribution is -2.49. The fraction of sp³-hybridized carbons (Fsp3) is 0.500. The van der Waals surface area contributed by atoms with Crippen LogP contribution in [0.3, 0.4) is 0 Å². The van der Waals surface area contributed by atoms with E-state index in [9.17, 15) is 14.4 Å². The molecule has 2 aliphatic heterocycles. The number of imide groups is 1. The molecule has 9 heteroatoms. The number of aromatic nitrogens is 2. The van der Waals surface area contributed by atoms with Crippen molar-refractivity contribution in [1.82, 2.24) is 24.7 Å². The zero-order valence-corrected chi connectivity index (χ0v) is 13.5. The first kappa shape index (κ1) is 15.6. The van der Waals surface area contributed by atoms with Gasteiger partial charge in [-0.15, -0.1) is 11.7 Å². The van der Waals surface area contributed by atoms with Crippen molar-refractivity contribution in [2.75, 3.05) is 13.1 Å². The molecule has 1 N–H and O–H groups in total. The first-order valence-corrected chi connectivity index (χ1v) is 8.13. The molecule has 1 aromatic rings. The van der Waals surface area contributed by atoms with Gasteiger partial charge >= 0.3 is 6.03 Å². The van der Waals surface area contributed by atoms with Gasteiger partial charge in [-0.25, -0.2) is 4.79 Å². The lowest BCUT2D eigenvalue weighted by Gasteiger charge is -2.32. The zero-order chi connectivity index (χ0) is 16.6. The molecule has 4 amide bonds. The number of rotatable bonds is 4. The Morgan fingerprint density at radius 1 is 1.52 bits per heavy atom. The van der Waals surface area contributed by atoms with E-state index in [0.29, 0.717) is 30.0 Å². The first-order valence-electron chi connectivity index (χ1n) is 7.35. The van der Waals surface area contributed by atoms with Crippen molar-refractivity contribution in [2.45, 2.75) is 31.8 Å². The molecule has 0 spiro atoms. The van der Waals surface area contributed by atoms with E-state index in [1.807, 2.05) is 0 Å². The molecule has 0 radical (unpaired) electrons. The zero-order valence-electron chi connectivity index (χ0n) is 12.7. The fourth-order valence-corrected chi connectivity index (χ4v) is 3.54. The minimum absolute atomic E-state index is 0.148. The molecule has 3 rings (SSSR count). The minimum Gasteiger partial charge on any atom is -0.348 e. The third-order valence-electron chi connectivity index (χ3n) is 4.13. The second-order valence-corrected chi connectivity index (χ2v) is 6.37. The fourth-order valence-electron chi connectivity index (χ4n) is 2.98. The molecule has 2 fully saturated rings. The summed E-state index contributed by atoms with van der Waals surface area (Å²) in [6.07, 6.45) is 2.58. The van der Waals surface area contributed by atoms with Gasteiger partial charge in [0.1, 0.15) is 10.9 Å². The Kier molecular flexibility index (Phi) is 4.12. The van der Waals surface area contributed by atoms with Gasteiger partial charge in [0, 0.05) is 19.1 Å². The highest BCUT2D eigenvalue weighted by molar-refractivity contribution is 7.08. The van der Waals surface area contributed by atoms with Crippen LogP contribution in [0.2, 0.25) is 0 Å². The smallest absolute Gasteiger partial charge is 0.327 e. The molecule has 23 heavy (non-hydrogen) atoms. The lowest BCUT2D eigenvalue weighted by molar-refractivity contribution is -0.128. The van der Waals surface area contributed by atoms with Crippen LogP contribution in [-0.2, 0) is 4.79 Å². The van der Waals surface area contributed by atoms with E-state index in [1.165, 1.54) is 11.0 Å². The lowest BCUT2D eigenvalue weighted by atomic mass is 9.98. The van der Waals surface area contributed by atoms with Crippen molar-refractivity contribution in [2.24, 2.45) is 0 Å². The summed E-state index contributed by atoms with van der Waals surface area (Å²) in [7, 11) is 0. The molecule has 0 bridgehead atoms. The molecule has 122 valence electrons. The highest BCUT2D eigenvalue weighted by Crippen LogP contribution is 2.27. The van der Waals surface area contributed by atoms with E-state index >= 15 is 0 Å². The molecular weight excluding hydrogens is 318 g/mol. The highest BCUT2D eigenvalue weighted by atomic mass is 32.1. The summed E-state index contributed by atoms with van der Waals surface area (Å²) in [6, 6.07) is -0.917. The van der Waals surface area contributed by atoms with E-state index in [1.54, 1.807) is 11.8 Å². The highest BCUT2D eigenvalue weighted by Gasteiger charge is 2.47. The molecule has 2 saturated heterocycles. The van der Waals surface area contributed by atoms with Crippen LogP contribution in [0.15, 0.2) is 12.7 Å². The van der Waals surface area contributed by atoms with Crippen LogP contribution in [0.1, 0.15) is 28.2 Å². The van der Waals surface area contributed by atoms with Crippen LogP contribution < -0.4 is 5.32 Å². The summed E-state index contributed by atoms with van der Waals surface area (Å²) in [4.78, 5) is 40.0. The van der Waals surface area contributed by atoms with Gasteiger partial charge in [0.25, 0.3) is 11.8 Å². The Labute approximate surface area is 137 Å². The van der Waals surface area contributed by atoms with Crippen molar-refractivity contribution in [3.8, 4) is 0 Å². The predicted octanol–water partition coefficient (Wildman–Crippen LogP) is 0.558. The van der Waals surface area contributed by atoms with Crippen molar-refractivity contribution in [1.29, 1.82) is 0 Å². The SMILES string of the molecule is C=CCN1C(=O)C2CC(NC(=O)c3snnc3C)CCN2C1=O. The van der Waals surface area contributed by atoms with Gasteiger partial charge in [-0.3, -0.25) is 14.5 Å². The van der Waals surface area contributed by atoms with Gasteiger partial charge in [-0.05, 0) is 31.3 Å². The molecule has 2 atom stereocenters. The number of hydrogen-bond acceptors (Lipinski definition) is 6. The van der Waals surface area contributed by atoms with Crippen molar-refractivity contribution < 1.29 is 14.4 Å². The molecule has 1 aromatic heterocycles. The largest absolute Gasteiger partial charge is 0.348 e. The van der Waals surface area contributed by atoms with Crippen molar-refractivity contribution in [3.63, 3.8) is 0 Å². The average Bonchev–Trinajstić information content (AvgIpc) is 3.05. The number of nitrogens with one attached hydrogen (secondary N) is 1. The molecule has 0 saturated carbocycles. The molecule has 0 aliphatic carbocycles. The summed E-state index contributed by atoms with van der Waals surface area (Å²) in [5.41, 5.74) is 0.592. The van der Waals surface area contributed by atoms with E-state index in [2.05, 4.69) is 21.5 Å². The van der Waals surface area contributed by atoms with Crippen LogP contribution in [-0.4, -0.2) is 62.4 Å². The second-order valence-electron chi connectivity index (χ2n) is 5.61. The maximum atomic E-state index is 12.3. The van der Waals surface area contributed by atoms with Gasteiger partial charge in [0.15, 0.2) is 0 Å². The molecule has 3 heterocycles. The molecule has 2 unspecified atom stereocenters. The van der Waals surface area contributed by atoms with Crippen LogP contribution >= 0.6 is 11.5 Å². The van der Waals surface area contributed by atoms with E-state index in [4.69, 9.17) is 0 Å². The van der Waals surface area contributed by atoms with Crippen LogP contribution in [0.25, 0.3) is 0 Å². The Hall–Kier alpha value is -2.29. The van der Waals surface area contributed by atoms with Crippen molar-refractivity contribution in [3.05, 3.63) is 23.2 Å². The van der Waals surface area contributed by atoms with Gasteiger partial charge in [-0.2, -0.15) is 0 Å². The summed E-state index contributed by atoms with van der Waals surface area (Å²) < 4.78 is 3.75. The third kappa shape index (κ3) is 2.72. The van der Waals surface area contributed by atoms with E-state index in [-0.39, 0.29) is 30.4 Å². The maximum absolute atomic E-state index is 12.3. The number of nitrogens with zero attached hydrogens (tertiary/aromatic N) is 4. The summed E-state index contributed by atoms with van der Waals surface area (Å²) >= 11 is 1.05. The number of carbonyl (C=O) groups excluding carboxylic acids is 3. The van der Waals surface area contributed by atoms with Crippen LogP contribution in [0, 0.1) is 6.92 Å². The predicted molar refractivity (Wildman–Crippen MR) is 82.9 cm³/mol. The number of hydrogen-bond donors (Lipinski definition) is 1. The summed E-state index contributed by atoms with van der Waals surface area (Å²) in [6.45, 7) is 5.97. The van der Waals surface area contributed by atoms with Crippen molar-refractivity contribution >= 4 is 29.4 Å². The van der Waals surface area contributed by atoms with Crippen LogP contribution in [0.4, 0.5) is 4.79 Å². The normalized spacial score (nSPS) is 23.9. The Bertz CT molecular complexity index is 673. The van der Waals surface area contributed by atoms with Gasteiger partial charge in [-0.1, -0.05) is 10.6 Å². The first-order chi connectivity index (χ1) is 11.0. The molecule has 8 nitrogen and oxygen atoms in total.